The first-order chi connectivity index (χ1) is 7.51. The van der Waals surface area contributed by atoms with Crippen molar-refractivity contribution in [1.29, 1.82) is 0 Å². The molecule has 1 aromatic rings. The van der Waals surface area contributed by atoms with Crippen LogP contribution in [-0.4, -0.2) is 0 Å². The summed E-state index contributed by atoms with van der Waals surface area (Å²) in [5.41, 5.74) is 9.60. The largest absolute Gasteiger partial charge is 0.326 e. The van der Waals surface area contributed by atoms with E-state index in [-0.39, 0.29) is 0 Å². The predicted molar refractivity (Wildman–Crippen MR) is 70.3 cm³/mol. The van der Waals surface area contributed by atoms with Crippen molar-refractivity contribution < 1.29 is 0 Å². The maximum absolute atomic E-state index is 5.74. The Labute approximate surface area is 100 Å². The minimum atomic E-state index is 0.630. The summed E-state index contributed by atoms with van der Waals surface area (Å²) in [5, 5.41) is 0. The monoisotopic (exact) mass is 218 g/mol. The van der Waals surface area contributed by atoms with E-state index in [1.54, 1.807) is 0 Å². The first kappa shape index (κ1) is 13.2. The number of benzene rings is 1. The normalized spacial score (nSPS) is 11.4. The highest BCUT2D eigenvalue weighted by atomic mass is 14.5. The van der Waals surface area contributed by atoms with Crippen LogP contribution in [-0.2, 0) is 19.4 Å². The lowest BCUT2D eigenvalue weighted by molar-refractivity contribution is 0.634. The molecule has 0 unspecified atom stereocenters. The Morgan fingerprint density at radius 2 is 1.44 bits per heavy atom. The maximum atomic E-state index is 5.74. The zero-order valence-electron chi connectivity index (χ0n) is 11.0. The third kappa shape index (κ3) is 4.36. The number of rotatable bonds is 5. The molecule has 0 amide bonds. The van der Waals surface area contributed by atoms with Gasteiger partial charge < -0.3 is 5.73 Å². The smallest absolute Gasteiger partial charge is 0.0178 e. The summed E-state index contributed by atoms with van der Waals surface area (Å²) >= 11 is 0. The zero-order valence-corrected chi connectivity index (χ0v) is 11.0. The molecule has 1 rings (SSSR count). The van der Waals surface area contributed by atoms with E-state index in [0.717, 1.165) is 12.8 Å². The minimum absolute atomic E-state index is 0.630. The molecule has 1 aromatic carbocycles. The van der Waals surface area contributed by atoms with Gasteiger partial charge in [-0.15, -0.1) is 0 Å². The molecule has 0 fully saturated rings. The Morgan fingerprint density at radius 3 is 1.75 bits per heavy atom. The van der Waals surface area contributed by atoms with Crippen LogP contribution in [0.1, 0.15) is 44.4 Å². The molecule has 0 aromatic heterocycles. The fourth-order valence-electron chi connectivity index (χ4n) is 1.99. The van der Waals surface area contributed by atoms with Crippen LogP contribution >= 0.6 is 0 Å². The van der Waals surface area contributed by atoms with Crippen molar-refractivity contribution in [2.75, 3.05) is 0 Å². The third-order valence-corrected chi connectivity index (χ3v) is 2.53. The molecule has 0 saturated carbocycles. The third-order valence-electron chi connectivity index (χ3n) is 2.53. The molecule has 1 heteroatoms. The molecule has 0 heterocycles. The Kier molecular flexibility index (Phi) is 5.01. The van der Waals surface area contributed by atoms with E-state index in [9.17, 15) is 0 Å². The summed E-state index contributed by atoms with van der Waals surface area (Å²) in [7, 11) is 0. The number of hydrogen-bond donors (Lipinski definition) is 1. The van der Waals surface area contributed by atoms with Crippen LogP contribution in [0.5, 0.6) is 0 Å². The Balaban J connectivity index is 2.91. The highest BCUT2D eigenvalue weighted by molar-refractivity contribution is 5.29. The molecule has 0 atom stereocenters. The van der Waals surface area contributed by atoms with E-state index in [4.69, 9.17) is 5.73 Å². The van der Waals surface area contributed by atoms with Crippen LogP contribution in [0.25, 0.3) is 0 Å². The van der Waals surface area contributed by atoms with Gasteiger partial charge in [0.05, 0.1) is 0 Å². The van der Waals surface area contributed by atoms with Crippen molar-refractivity contribution in [2.24, 2.45) is 17.6 Å². The topological polar surface area (TPSA) is 26.0 Å². The molecule has 0 bridgehead atoms. The van der Waals surface area contributed by atoms with Crippen molar-refractivity contribution in [3.05, 3.63) is 34.9 Å². The van der Waals surface area contributed by atoms with Gasteiger partial charge in [-0.3, -0.25) is 0 Å². The Morgan fingerprint density at radius 1 is 1.00 bits per heavy atom. The van der Waals surface area contributed by atoms with Gasteiger partial charge in [0, 0.05) is 6.54 Å². The molecule has 1 radical (unpaired) electrons. The average molecular weight is 218 g/mol. The van der Waals surface area contributed by atoms with Crippen molar-refractivity contribution in [2.45, 2.75) is 47.1 Å². The SMILES string of the molecule is CC(C)Cc1[c]c(CC(C)C)cc(CN)c1. The summed E-state index contributed by atoms with van der Waals surface area (Å²) in [4.78, 5) is 0. The zero-order chi connectivity index (χ0) is 12.1. The van der Waals surface area contributed by atoms with E-state index in [1.807, 2.05) is 0 Å². The van der Waals surface area contributed by atoms with E-state index >= 15 is 0 Å². The van der Waals surface area contributed by atoms with Gasteiger partial charge in [0.15, 0.2) is 0 Å². The van der Waals surface area contributed by atoms with Gasteiger partial charge in [-0.2, -0.15) is 0 Å². The summed E-state index contributed by atoms with van der Waals surface area (Å²) in [5.74, 6) is 1.35. The van der Waals surface area contributed by atoms with E-state index in [0.29, 0.717) is 18.4 Å². The van der Waals surface area contributed by atoms with Gasteiger partial charge in [0.25, 0.3) is 0 Å². The second kappa shape index (κ2) is 6.05. The quantitative estimate of drug-likeness (QED) is 0.806. The van der Waals surface area contributed by atoms with E-state index < -0.39 is 0 Å². The van der Waals surface area contributed by atoms with Gasteiger partial charge >= 0.3 is 0 Å². The molecule has 0 aliphatic heterocycles. The van der Waals surface area contributed by atoms with Crippen molar-refractivity contribution in [3.63, 3.8) is 0 Å². The van der Waals surface area contributed by atoms with Gasteiger partial charge in [0.1, 0.15) is 0 Å². The molecular weight excluding hydrogens is 194 g/mol. The van der Waals surface area contributed by atoms with Crippen LogP contribution in [0.4, 0.5) is 0 Å². The van der Waals surface area contributed by atoms with Crippen LogP contribution in [0.3, 0.4) is 0 Å². The lowest BCUT2D eigenvalue weighted by Crippen LogP contribution is -2.04. The second-order valence-corrected chi connectivity index (χ2v) is 5.44. The van der Waals surface area contributed by atoms with Gasteiger partial charge in [-0.1, -0.05) is 39.8 Å². The molecule has 0 aliphatic rings. The van der Waals surface area contributed by atoms with Crippen LogP contribution in [0, 0.1) is 17.9 Å². The average Bonchev–Trinajstić information content (AvgIpc) is 2.14. The van der Waals surface area contributed by atoms with Crippen LogP contribution in [0.15, 0.2) is 12.1 Å². The lowest BCUT2D eigenvalue weighted by atomic mass is 9.94. The summed E-state index contributed by atoms with van der Waals surface area (Å²) in [6.07, 6.45) is 2.19. The molecule has 0 saturated heterocycles. The first-order valence-corrected chi connectivity index (χ1v) is 6.25. The molecule has 0 aliphatic carbocycles. The molecular formula is C15H24N. The standard InChI is InChI=1S/C15H24N/c1-11(2)5-13-7-14(6-12(3)4)9-15(8-13)10-16/h8-9,11-12H,5-6,10,16H2,1-4H3. The minimum Gasteiger partial charge on any atom is -0.326 e. The maximum Gasteiger partial charge on any atom is 0.0178 e. The highest BCUT2D eigenvalue weighted by Gasteiger charge is 2.05. The van der Waals surface area contributed by atoms with Gasteiger partial charge in [-0.25, -0.2) is 0 Å². The predicted octanol–water partition coefficient (Wildman–Crippen LogP) is 3.34. The summed E-state index contributed by atoms with van der Waals surface area (Å²) in [6.45, 7) is 9.59. The van der Waals surface area contributed by atoms with E-state index in [2.05, 4.69) is 45.9 Å². The fourth-order valence-corrected chi connectivity index (χ4v) is 1.99. The molecule has 2 N–H and O–H groups in total. The summed E-state index contributed by atoms with van der Waals surface area (Å²) in [6, 6.07) is 7.92. The fraction of sp³-hybridized carbons (Fsp3) is 0.600. The molecule has 89 valence electrons. The molecule has 1 nitrogen and oxygen atoms in total. The van der Waals surface area contributed by atoms with Gasteiger partial charge in [0.2, 0.25) is 0 Å². The number of nitrogens with two attached hydrogens (primary N) is 1. The second-order valence-electron chi connectivity index (χ2n) is 5.44. The Hall–Kier alpha value is -0.820. The number of hydrogen-bond acceptors (Lipinski definition) is 1. The van der Waals surface area contributed by atoms with Crippen molar-refractivity contribution in [1.82, 2.24) is 0 Å². The van der Waals surface area contributed by atoms with Crippen molar-refractivity contribution in [3.8, 4) is 0 Å². The van der Waals surface area contributed by atoms with Crippen LogP contribution < -0.4 is 5.73 Å². The Bertz CT molecular complexity index is 298. The highest BCUT2D eigenvalue weighted by Crippen LogP contribution is 2.16. The lowest BCUT2D eigenvalue weighted by Gasteiger charge is -2.11. The van der Waals surface area contributed by atoms with E-state index in [1.165, 1.54) is 16.7 Å². The molecule has 0 spiro atoms. The van der Waals surface area contributed by atoms with Crippen LogP contribution in [0.2, 0.25) is 0 Å². The van der Waals surface area contributed by atoms with Gasteiger partial charge in [-0.05, 0) is 47.4 Å². The first-order valence-electron chi connectivity index (χ1n) is 6.25. The van der Waals surface area contributed by atoms with Crippen molar-refractivity contribution >= 4 is 0 Å². The summed E-state index contributed by atoms with van der Waals surface area (Å²) < 4.78 is 0. The molecule has 16 heavy (non-hydrogen) atoms.